The van der Waals surface area contributed by atoms with Gasteiger partial charge < -0.3 is 10.1 Å². The van der Waals surface area contributed by atoms with Crippen LogP contribution in [0.2, 0.25) is 0 Å². The Labute approximate surface area is 131 Å². The Hall–Kier alpha value is -1.69. The molecule has 0 radical (unpaired) electrons. The third kappa shape index (κ3) is 3.38. The van der Waals surface area contributed by atoms with Gasteiger partial charge in [0.25, 0.3) is 0 Å². The van der Waals surface area contributed by atoms with Crippen molar-refractivity contribution in [3.05, 3.63) is 53.9 Å². The Bertz CT molecular complexity index is 583. The van der Waals surface area contributed by atoms with Crippen LogP contribution in [0.4, 0.5) is 0 Å². The largest absolute Gasteiger partial charge is 0.374 e. The molecule has 1 fully saturated rings. The number of nitrogens with one attached hydrogen (secondary N) is 1. The van der Waals surface area contributed by atoms with Crippen LogP contribution in [0.5, 0.6) is 0 Å². The van der Waals surface area contributed by atoms with E-state index in [2.05, 4.69) is 52.7 Å². The van der Waals surface area contributed by atoms with Gasteiger partial charge in [-0.3, -0.25) is 9.58 Å². The molecule has 1 aromatic heterocycles. The van der Waals surface area contributed by atoms with Crippen LogP contribution in [0, 0.1) is 0 Å². The first-order valence-corrected chi connectivity index (χ1v) is 7.80. The average Bonchev–Trinajstić information content (AvgIpc) is 2.94. The molecule has 0 amide bonds. The Morgan fingerprint density at radius 1 is 1.23 bits per heavy atom. The highest BCUT2D eigenvalue weighted by Crippen LogP contribution is 2.27. The molecule has 1 N–H and O–H groups in total. The van der Waals surface area contributed by atoms with Gasteiger partial charge in [0.15, 0.2) is 0 Å². The van der Waals surface area contributed by atoms with Gasteiger partial charge in [-0.2, -0.15) is 5.10 Å². The molecule has 1 aliphatic rings. The van der Waals surface area contributed by atoms with Crippen LogP contribution in [0.15, 0.2) is 42.6 Å². The Kier molecular flexibility index (Phi) is 4.87. The van der Waals surface area contributed by atoms with E-state index >= 15 is 0 Å². The quantitative estimate of drug-likeness (QED) is 0.910. The topological polar surface area (TPSA) is 42.3 Å². The molecule has 5 heteroatoms. The van der Waals surface area contributed by atoms with Crippen LogP contribution in [0.1, 0.15) is 17.3 Å². The smallest absolute Gasteiger partial charge is 0.0896 e. The van der Waals surface area contributed by atoms with Crippen LogP contribution < -0.4 is 5.32 Å². The number of benzene rings is 1. The molecule has 2 heterocycles. The minimum atomic E-state index is 0.161. The van der Waals surface area contributed by atoms with E-state index < -0.39 is 0 Å². The van der Waals surface area contributed by atoms with E-state index in [1.165, 1.54) is 11.3 Å². The van der Waals surface area contributed by atoms with Crippen molar-refractivity contribution in [2.24, 2.45) is 7.05 Å². The summed E-state index contributed by atoms with van der Waals surface area (Å²) in [6.45, 7) is 3.40. The Balaban J connectivity index is 1.64. The maximum atomic E-state index is 6.04. The monoisotopic (exact) mass is 300 g/mol. The SMILES string of the molecule is CN1CCO[C@@H](CNCc2ccnn2C)[C@@H]1c1ccccc1. The maximum Gasteiger partial charge on any atom is 0.0896 e. The summed E-state index contributed by atoms with van der Waals surface area (Å²) >= 11 is 0. The van der Waals surface area contributed by atoms with Crippen molar-refractivity contribution in [3.63, 3.8) is 0 Å². The van der Waals surface area contributed by atoms with Crippen LogP contribution >= 0.6 is 0 Å². The first-order valence-electron chi connectivity index (χ1n) is 7.80. The normalized spacial score (nSPS) is 22.8. The van der Waals surface area contributed by atoms with Crippen LogP contribution in [-0.4, -0.2) is 47.5 Å². The fourth-order valence-corrected chi connectivity index (χ4v) is 3.07. The highest BCUT2D eigenvalue weighted by Gasteiger charge is 2.30. The molecule has 2 aromatic rings. The lowest BCUT2D eigenvalue weighted by atomic mass is 9.98. The van der Waals surface area contributed by atoms with Crippen molar-refractivity contribution in [3.8, 4) is 0 Å². The van der Waals surface area contributed by atoms with Gasteiger partial charge >= 0.3 is 0 Å². The van der Waals surface area contributed by atoms with Crippen molar-refractivity contribution in [1.82, 2.24) is 20.0 Å². The van der Waals surface area contributed by atoms with Crippen molar-refractivity contribution in [2.75, 3.05) is 26.7 Å². The molecule has 1 aliphatic heterocycles. The van der Waals surface area contributed by atoms with Gasteiger partial charge in [-0.05, 0) is 18.7 Å². The van der Waals surface area contributed by atoms with Crippen LogP contribution in [0.25, 0.3) is 0 Å². The van der Waals surface area contributed by atoms with Gasteiger partial charge in [-0.25, -0.2) is 0 Å². The van der Waals surface area contributed by atoms with Crippen molar-refractivity contribution in [2.45, 2.75) is 18.7 Å². The molecule has 0 unspecified atom stereocenters. The molecule has 3 rings (SSSR count). The lowest BCUT2D eigenvalue weighted by Gasteiger charge is -2.39. The Morgan fingerprint density at radius 3 is 2.77 bits per heavy atom. The lowest BCUT2D eigenvalue weighted by molar-refractivity contribution is -0.0615. The highest BCUT2D eigenvalue weighted by atomic mass is 16.5. The number of aryl methyl sites for hydroxylation is 1. The fraction of sp³-hybridized carbons (Fsp3) is 0.471. The summed E-state index contributed by atoms with van der Waals surface area (Å²) in [7, 11) is 4.14. The predicted molar refractivity (Wildman–Crippen MR) is 86.5 cm³/mol. The summed E-state index contributed by atoms with van der Waals surface area (Å²) in [6, 6.07) is 13.0. The zero-order valence-corrected chi connectivity index (χ0v) is 13.3. The molecule has 5 nitrogen and oxygen atoms in total. The molecule has 0 saturated carbocycles. The zero-order valence-electron chi connectivity index (χ0n) is 13.3. The number of rotatable bonds is 5. The van der Waals surface area contributed by atoms with E-state index in [9.17, 15) is 0 Å². The third-order valence-electron chi connectivity index (χ3n) is 4.32. The molecule has 22 heavy (non-hydrogen) atoms. The van der Waals surface area contributed by atoms with E-state index in [0.717, 1.165) is 26.2 Å². The highest BCUT2D eigenvalue weighted by molar-refractivity contribution is 5.21. The van der Waals surface area contributed by atoms with Gasteiger partial charge in [0, 0.05) is 32.9 Å². The molecular weight excluding hydrogens is 276 g/mol. The second-order valence-corrected chi connectivity index (χ2v) is 5.82. The number of likely N-dealkylation sites (N-methyl/N-ethyl adjacent to an activating group) is 1. The van der Waals surface area contributed by atoms with E-state index in [4.69, 9.17) is 4.74 Å². The summed E-state index contributed by atoms with van der Waals surface area (Å²) in [6.07, 6.45) is 1.99. The lowest BCUT2D eigenvalue weighted by Crippen LogP contribution is -2.47. The molecule has 0 bridgehead atoms. The molecule has 2 atom stereocenters. The van der Waals surface area contributed by atoms with Crippen molar-refractivity contribution >= 4 is 0 Å². The van der Waals surface area contributed by atoms with Crippen LogP contribution in [-0.2, 0) is 18.3 Å². The van der Waals surface area contributed by atoms with Gasteiger partial charge in [0.1, 0.15) is 0 Å². The predicted octanol–water partition coefficient (Wildman–Crippen LogP) is 1.58. The molecule has 1 saturated heterocycles. The average molecular weight is 300 g/mol. The Morgan fingerprint density at radius 2 is 2.05 bits per heavy atom. The maximum absolute atomic E-state index is 6.04. The number of hydrogen-bond acceptors (Lipinski definition) is 4. The van der Waals surface area contributed by atoms with Gasteiger partial charge in [0.05, 0.1) is 24.4 Å². The van der Waals surface area contributed by atoms with Gasteiger partial charge in [-0.1, -0.05) is 30.3 Å². The van der Waals surface area contributed by atoms with E-state index in [-0.39, 0.29) is 6.10 Å². The number of nitrogens with zero attached hydrogens (tertiary/aromatic N) is 3. The van der Waals surface area contributed by atoms with Crippen molar-refractivity contribution in [1.29, 1.82) is 0 Å². The summed E-state index contributed by atoms with van der Waals surface area (Å²) in [5.74, 6) is 0. The summed E-state index contributed by atoms with van der Waals surface area (Å²) in [5.41, 5.74) is 2.50. The fourth-order valence-electron chi connectivity index (χ4n) is 3.07. The minimum Gasteiger partial charge on any atom is -0.374 e. The number of morpholine rings is 1. The number of ether oxygens (including phenoxy) is 1. The van der Waals surface area contributed by atoms with E-state index in [0.29, 0.717) is 6.04 Å². The second kappa shape index (κ2) is 7.05. The first-order chi connectivity index (χ1) is 10.8. The standard InChI is InChI=1S/C17H24N4O/c1-20-10-11-22-16(17(20)14-6-4-3-5-7-14)13-18-12-15-8-9-19-21(15)2/h3-9,16-18H,10-13H2,1-2H3/t16-,17-/m0/s1. The molecular formula is C17H24N4O. The minimum absolute atomic E-state index is 0.161. The number of aromatic nitrogens is 2. The van der Waals surface area contributed by atoms with Crippen LogP contribution in [0.3, 0.4) is 0 Å². The summed E-state index contributed by atoms with van der Waals surface area (Å²) in [5, 5.41) is 7.70. The molecule has 0 aliphatic carbocycles. The van der Waals surface area contributed by atoms with Crippen molar-refractivity contribution < 1.29 is 4.74 Å². The summed E-state index contributed by atoms with van der Waals surface area (Å²) < 4.78 is 7.94. The first kappa shape index (κ1) is 15.2. The molecule has 1 aromatic carbocycles. The molecule has 118 valence electrons. The van der Waals surface area contributed by atoms with E-state index in [1.54, 1.807) is 0 Å². The summed E-state index contributed by atoms with van der Waals surface area (Å²) in [4.78, 5) is 2.38. The molecule has 0 spiro atoms. The second-order valence-electron chi connectivity index (χ2n) is 5.82. The number of hydrogen-bond donors (Lipinski definition) is 1. The third-order valence-corrected chi connectivity index (χ3v) is 4.32. The van der Waals surface area contributed by atoms with Gasteiger partial charge in [0.2, 0.25) is 0 Å². The van der Waals surface area contributed by atoms with E-state index in [1.807, 2.05) is 24.0 Å². The van der Waals surface area contributed by atoms with Gasteiger partial charge in [-0.15, -0.1) is 0 Å². The zero-order chi connectivity index (χ0) is 15.4.